The molecular weight excluding hydrogens is 333 g/mol. The van der Waals surface area contributed by atoms with E-state index in [1.165, 1.54) is 0 Å². The molecule has 0 saturated carbocycles. The maximum absolute atomic E-state index is 11.6. The van der Waals surface area contributed by atoms with E-state index in [1.807, 2.05) is 0 Å². The molecule has 0 N–H and O–H groups in total. The maximum Gasteiger partial charge on any atom is 0.333 e. The van der Waals surface area contributed by atoms with Gasteiger partial charge in [0, 0.05) is 18.4 Å². The number of hydrogen-bond acceptors (Lipinski definition) is 6. The molecule has 0 aliphatic heterocycles. The molecule has 7 nitrogen and oxygen atoms in total. The van der Waals surface area contributed by atoms with Crippen LogP contribution in [0, 0.1) is 0 Å². The van der Waals surface area contributed by atoms with Crippen LogP contribution in [0.1, 0.15) is 40.5 Å². The molecular formula is C16H32NO6P. The van der Waals surface area contributed by atoms with Gasteiger partial charge in [-0.1, -0.05) is 6.58 Å². The first kappa shape index (κ1) is 23.3. The Morgan fingerprint density at radius 2 is 1.54 bits per heavy atom. The van der Waals surface area contributed by atoms with Crippen molar-refractivity contribution in [3.05, 3.63) is 12.2 Å². The molecule has 0 bridgehead atoms. The Morgan fingerprint density at radius 1 is 1.04 bits per heavy atom. The Labute approximate surface area is 145 Å². The Balaban J connectivity index is 3.92. The van der Waals surface area contributed by atoms with Crippen LogP contribution in [0.15, 0.2) is 12.2 Å². The molecule has 142 valence electrons. The van der Waals surface area contributed by atoms with Gasteiger partial charge in [0.05, 0.1) is 46.0 Å². The van der Waals surface area contributed by atoms with Crippen LogP contribution in [0.3, 0.4) is 0 Å². The largest absolute Gasteiger partial charge is 0.756 e. The summed E-state index contributed by atoms with van der Waals surface area (Å²) in [5, 5.41) is 0. The average molecular weight is 365 g/mol. The predicted octanol–water partition coefficient (Wildman–Crippen LogP) is 2.26. The molecule has 1 atom stereocenters. The van der Waals surface area contributed by atoms with Crippen molar-refractivity contribution in [2.75, 3.05) is 46.0 Å². The van der Waals surface area contributed by atoms with Crippen molar-refractivity contribution in [1.29, 1.82) is 0 Å². The molecule has 0 saturated heterocycles. The smallest absolute Gasteiger partial charge is 0.333 e. The normalized spacial score (nSPS) is 14.2. The molecule has 0 spiro atoms. The second-order valence-electron chi connectivity index (χ2n) is 5.75. The number of ether oxygens (including phenoxy) is 1. The van der Waals surface area contributed by atoms with Crippen LogP contribution in [0.4, 0.5) is 0 Å². The fourth-order valence-corrected chi connectivity index (χ4v) is 3.06. The minimum absolute atomic E-state index is 0.0786. The summed E-state index contributed by atoms with van der Waals surface area (Å²) >= 11 is 0. The molecule has 0 fully saturated rings. The SMILES string of the molecule is C=C(C)C(=O)OCCCOP(=O)([O-])OCCC[N+](CC)(CC)CC. The van der Waals surface area contributed by atoms with E-state index >= 15 is 0 Å². The Bertz CT molecular complexity index is 428. The Hall–Kier alpha value is -0.720. The van der Waals surface area contributed by atoms with Gasteiger partial charge in [-0.2, -0.15) is 0 Å². The van der Waals surface area contributed by atoms with Crippen LogP contribution in [-0.2, 0) is 23.1 Å². The summed E-state index contributed by atoms with van der Waals surface area (Å²) < 4.78 is 27.0. The molecule has 0 aromatic heterocycles. The van der Waals surface area contributed by atoms with Gasteiger partial charge in [0.25, 0.3) is 7.82 Å². The molecule has 0 aliphatic rings. The topological polar surface area (TPSA) is 84.9 Å². The lowest BCUT2D eigenvalue weighted by molar-refractivity contribution is -0.923. The van der Waals surface area contributed by atoms with Gasteiger partial charge >= 0.3 is 5.97 Å². The highest BCUT2D eigenvalue weighted by molar-refractivity contribution is 7.45. The van der Waals surface area contributed by atoms with Crippen LogP contribution in [0.2, 0.25) is 0 Å². The molecule has 0 aromatic rings. The Kier molecular flexibility index (Phi) is 11.4. The maximum atomic E-state index is 11.6. The van der Waals surface area contributed by atoms with Gasteiger partial charge in [0.1, 0.15) is 0 Å². The zero-order valence-corrected chi connectivity index (χ0v) is 16.3. The number of phosphoric ester groups is 1. The van der Waals surface area contributed by atoms with Crippen molar-refractivity contribution in [3.63, 3.8) is 0 Å². The van der Waals surface area contributed by atoms with Crippen molar-refractivity contribution in [1.82, 2.24) is 0 Å². The van der Waals surface area contributed by atoms with E-state index in [2.05, 4.69) is 27.4 Å². The predicted molar refractivity (Wildman–Crippen MR) is 91.3 cm³/mol. The second kappa shape index (κ2) is 11.8. The Morgan fingerprint density at radius 3 is 2.00 bits per heavy atom. The lowest BCUT2D eigenvalue weighted by Crippen LogP contribution is -2.48. The highest BCUT2D eigenvalue weighted by atomic mass is 31.2. The molecule has 0 aromatic carbocycles. The first-order chi connectivity index (χ1) is 11.2. The number of rotatable bonds is 14. The summed E-state index contributed by atoms with van der Waals surface area (Å²) in [6, 6.07) is 0. The number of quaternary nitrogens is 1. The summed E-state index contributed by atoms with van der Waals surface area (Å²) in [6.45, 7) is 15.4. The fourth-order valence-electron chi connectivity index (χ4n) is 2.28. The minimum Gasteiger partial charge on any atom is -0.756 e. The number of carbonyl (C=O) groups excluding carboxylic acids is 1. The third-order valence-corrected chi connectivity index (χ3v) is 5.16. The highest BCUT2D eigenvalue weighted by Gasteiger charge is 2.20. The lowest BCUT2D eigenvalue weighted by atomic mass is 10.3. The van der Waals surface area contributed by atoms with E-state index < -0.39 is 13.8 Å². The van der Waals surface area contributed by atoms with Crippen molar-refractivity contribution in [2.24, 2.45) is 0 Å². The number of carbonyl (C=O) groups is 1. The first-order valence-electron chi connectivity index (χ1n) is 8.49. The zero-order chi connectivity index (χ0) is 18.6. The quantitative estimate of drug-likeness (QED) is 0.154. The number of nitrogens with zero attached hydrogens (tertiary/aromatic N) is 1. The van der Waals surface area contributed by atoms with Crippen LogP contribution in [-0.4, -0.2) is 56.5 Å². The van der Waals surface area contributed by atoms with Crippen LogP contribution >= 0.6 is 7.82 Å². The van der Waals surface area contributed by atoms with E-state index in [-0.39, 0.29) is 26.2 Å². The van der Waals surface area contributed by atoms with Gasteiger partial charge in [0.15, 0.2) is 0 Å². The fraction of sp³-hybridized carbons (Fsp3) is 0.812. The molecule has 0 radical (unpaired) electrons. The van der Waals surface area contributed by atoms with Crippen molar-refractivity contribution >= 4 is 13.8 Å². The first-order valence-corrected chi connectivity index (χ1v) is 9.95. The summed E-state index contributed by atoms with van der Waals surface area (Å²) in [5.74, 6) is -0.499. The zero-order valence-electron chi connectivity index (χ0n) is 15.4. The molecule has 24 heavy (non-hydrogen) atoms. The monoisotopic (exact) mass is 365 g/mol. The van der Waals surface area contributed by atoms with Crippen LogP contribution in [0.25, 0.3) is 0 Å². The van der Waals surface area contributed by atoms with E-state index in [0.717, 1.165) is 30.7 Å². The van der Waals surface area contributed by atoms with Crippen molar-refractivity contribution in [3.8, 4) is 0 Å². The third kappa shape index (κ3) is 9.55. The molecule has 1 unspecified atom stereocenters. The van der Waals surface area contributed by atoms with E-state index in [1.54, 1.807) is 6.92 Å². The van der Waals surface area contributed by atoms with E-state index in [9.17, 15) is 14.3 Å². The molecule has 0 amide bonds. The summed E-state index contributed by atoms with van der Waals surface area (Å²) in [5.41, 5.74) is 0.300. The van der Waals surface area contributed by atoms with E-state index in [0.29, 0.717) is 12.0 Å². The van der Waals surface area contributed by atoms with Gasteiger partial charge in [-0.25, -0.2) is 4.79 Å². The van der Waals surface area contributed by atoms with Crippen molar-refractivity contribution < 1.29 is 32.5 Å². The van der Waals surface area contributed by atoms with Crippen molar-refractivity contribution in [2.45, 2.75) is 40.5 Å². The highest BCUT2D eigenvalue weighted by Crippen LogP contribution is 2.38. The van der Waals surface area contributed by atoms with Gasteiger partial charge in [-0.15, -0.1) is 0 Å². The minimum atomic E-state index is -4.30. The van der Waals surface area contributed by atoms with Crippen LogP contribution < -0.4 is 4.89 Å². The number of esters is 1. The van der Waals surface area contributed by atoms with Gasteiger partial charge < -0.3 is 23.2 Å². The van der Waals surface area contributed by atoms with Gasteiger partial charge in [-0.05, 0) is 27.7 Å². The van der Waals surface area contributed by atoms with E-state index in [4.69, 9.17) is 13.8 Å². The molecule has 0 heterocycles. The van der Waals surface area contributed by atoms with Gasteiger partial charge in [0.2, 0.25) is 0 Å². The standard InChI is InChI=1S/C16H32NO6P/c1-6-17(7-2,8-3)11-9-13-22-24(19,20)23-14-10-12-21-16(18)15(4)5/h4,6-14H2,1-3,5H3. The molecule has 0 aliphatic carbocycles. The average Bonchev–Trinajstić information content (AvgIpc) is 2.55. The molecule has 0 rings (SSSR count). The molecule has 8 heteroatoms. The van der Waals surface area contributed by atoms with Gasteiger partial charge in [-0.3, -0.25) is 4.57 Å². The lowest BCUT2D eigenvalue weighted by Gasteiger charge is -2.36. The van der Waals surface area contributed by atoms with Crippen LogP contribution in [0.5, 0.6) is 0 Å². The summed E-state index contributed by atoms with van der Waals surface area (Å²) in [7, 11) is -4.30. The number of phosphoric acid groups is 1. The third-order valence-electron chi connectivity index (χ3n) is 4.16. The summed E-state index contributed by atoms with van der Waals surface area (Å²) in [4.78, 5) is 22.8. The number of hydrogen-bond donors (Lipinski definition) is 0. The second-order valence-corrected chi connectivity index (χ2v) is 7.16. The summed E-state index contributed by atoms with van der Waals surface area (Å²) in [6.07, 6.45) is 0.928.